The van der Waals surface area contributed by atoms with Gasteiger partial charge in [0.1, 0.15) is 5.82 Å². The van der Waals surface area contributed by atoms with Gasteiger partial charge in [0.15, 0.2) is 0 Å². The first-order valence-electron chi connectivity index (χ1n) is 9.61. The van der Waals surface area contributed by atoms with Crippen LogP contribution in [0.3, 0.4) is 0 Å². The summed E-state index contributed by atoms with van der Waals surface area (Å²) < 4.78 is 15.1. The second kappa shape index (κ2) is 6.36. The van der Waals surface area contributed by atoms with Gasteiger partial charge in [-0.15, -0.1) is 0 Å². The molecule has 1 aromatic carbocycles. The van der Waals surface area contributed by atoms with E-state index in [1.807, 2.05) is 37.2 Å². The van der Waals surface area contributed by atoms with Gasteiger partial charge in [0.05, 0.1) is 11.3 Å². The van der Waals surface area contributed by atoms with E-state index in [1.165, 1.54) is 12.1 Å². The minimum atomic E-state index is -0.209. The topological polar surface area (TPSA) is 41.4 Å². The molecule has 0 saturated carbocycles. The molecule has 2 atom stereocenters. The van der Waals surface area contributed by atoms with Gasteiger partial charge in [0, 0.05) is 43.6 Å². The zero-order valence-corrected chi connectivity index (χ0v) is 16.4. The molecule has 2 aromatic rings. The minimum Gasteiger partial charge on any atom is -0.363 e. The molecular weight excluding hydrogens is 343 g/mol. The number of rotatable bonds is 2. The van der Waals surface area contributed by atoms with Crippen LogP contribution in [0, 0.1) is 18.7 Å². The number of nitrogens with zero attached hydrogens (tertiary/aromatic N) is 4. The van der Waals surface area contributed by atoms with Crippen molar-refractivity contribution in [3.05, 3.63) is 47.5 Å². The lowest BCUT2D eigenvalue weighted by Crippen LogP contribution is -2.50. The number of anilines is 1. The number of likely N-dealkylation sites (tertiary alicyclic amines) is 1. The van der Waals surface area contributed by atoms with Crippen molar-refractivity contribution in [3.63, 3.8) is 0 Å². The van der Waals surface area contributed by atoms with Gasteiger partial charge in [-0.2, -0.15) is 5.10 Å². The van der Waals surface area contributed by atoms with Crippen LogP contribution in [0.4, 0.5) is 10.1 Å². The Balaban J connectivity index is 1.55. The fraction of sp³-hybridized carbons (Fsp3) is 0.524. The number of aryl methyl sites for hydroxylation is 2. The van der Waals surface area contributed by atoms with Gasteiger partial charge < -0.3 is 9.80 Å². The molecule has 0 aliphatic carbocycles. The van der Waals surface area contributed by atoms with E-state index in [0.717, 1.165) is 37.3 Å². The molecule has 2 fully saturated rings. The maximum absolute atomic E-state index is 13.4. The predicted molar refractivity (Wildman–Crippen MR) is 103 cm³/mol. The van der Waals surface area contributed by atoms with E-state index in [2.05, 4.69) is 23.8 Å². The van der Waals surface area contributed by atoms with Crippen molar-refractivity contribution in [1.82, 2.24) is 14.7 Å². The molecule has 0 N–H and O–H groups in total. The summed E-state index contributed by atoms with van der Waals surface area (Å²) >= 11 is 0. The summed E-state index contributed by atoms with van der Waals surface area (Å²) in [5, 5.41) is 4.31. The van der Waals surface area contributed by atoms with E-state index in [4.69, 9.17) is 0 Å². The number of carbonyl (C=O) groups excluding carboxylic acids is 1. The number of halogens is 1. The molecule has 2 saturated heterocycles. The van der Waals surface area contributed by atoms with Gasteiger partial charge in [0.25, 0.3) is 5.91 Å². The molecule has 1 aromatic heterocycles. The fourth-order valence-electron chi connectivity index (χ4n) is 5.06. The highest BCUT2D eigenvalue weighted by Gasteiger charge is 2.48. The Morgan fingerprint density at radius 3 is 2.59 bits per heavy atom. The highest BCUT2D eigenvalue weighted by atomic mass is 19.1. The number of aromatic nitrogens is 2. The van der Waals surface area contributed by atoms with Gasteiger partial charge in [-0.3, -0.25) is 9.48 Å². The minimum absolute atomic E-state index is 0.0174. The van der Waals surface area contributed by atoms with Gasteiger partial charge in [0.2, 0.25) is 0 Å². The molecule has 4 rings (SSSR count). The van der Waals surface area contributed by atoms with Crippen molar-refractivity contribution in [1.29, 1.82) is 0 Å². The molecule has 3 heterocycles. The summed E-state index contributed by atoms with van der Waals surface area (Å²) in [7, 11) is 1.84. The van der Waals surface area contributed by atoms with Crippen LogP contribution >= 0.6 is 0 Å². The number of hydrogen-bond donors (Lipinski definition) is 0. The van der Waals surface area contributed by atoms with Gasteiger partial charge >= 0.3 is 0 Å². The van der Waals surface area contributed by atoms with Crippen molar-refractivity contribution in [2.75, 3.05) is 18.0 Å². The first-order chi connectivity index (χ1) is 12.8. The number of benzene rings is 1. The molecule has 0 unspecified atom stereocenters. The Morgan fingerprint density at radius 2 is 1.96 bits per heavy atom. The molecule has 27 heavy (non-hydrogen) atoms. The maximum atomic E-state index is 13.4. The third kappa shape index (κ3) is 3.11. The molecule has 1 amide bonds. The quantitative estimate of drug-likeness (QED) is 0.814. The van der Waals surface area contributed by atoms with Gasteiger partial charge in [-0.1, -0.05) is 0 Å². The van der Waals surface area contributed by atoms with Crippen LogP contribution in [0.15, 0.2) is 30.5 Å². The van der Waals surface area contributed by atoms with Crippen LogP contribution in [-0.4, -0.2) is 45.3 Å². The summed E-state index contributed by atoms with van der Waals surface area (Å²) in [6.07, 6.45) is 3.76. The first-order valence-corrected chi connectivity index (χ1v) is 9.61. The number of carbonyl (C=O) groups is 1. The average molecular weight is 370 g/mol. The van der Waals surface area contributed by atoms with Crippen LogP contribution in [0.25, 0.3) is 0 Å². The summed E-state index contributed by atoms with van der Waals surface area (Å²) in [5.41, 5.74) is 2.53. The second-order valence-corrected chi connectivity index (χ2v) is 8.53. The number of hydrogen-bond acceptors (Lipinski definition) is 3. The van der Waals surface area contributed by atoms with Crippen LogP contribution in [0.5, 0.6) is 0 Å². The smallest absolute Gasteiger partial charge is 0.257 e. The summed E-state index contributed by atoms with van der Waals surface area (Å²) in [6.45, 7) is 7.87. The van der Waals surface area contributed by atoms with E-state index in [0.29, 0.717) is 17.5 Å². The molecular formula is C21H27FN4O. The highest BCUT2D eigenvalue weighted by Crippen LogP contribution is 2.44. The van der Waals surface area contributed by atoms with Gasteiger partial charge in [-0.25, -0.2) is 4.39 Å². The van der Waals surface area contributed by atoms with Crippen LogP contribution in [0.2, 0.25) is 0 Å². The van der Waals surface area contributed by atoms with E-state index in [1.54, 1.807) is 4.68 Å². The SMILES string of the molecule is Cc1nn(C)cc1C(=O)N1CC[C@H]2[C@@H](C1)CC(C)(C)N2c1ccc(F)cc1. The lowest BCUT2D eigenvalue weighted by Gasteiger charge is -2.41. The van der Waals surface area contributed by atoms with E-state index < -0.39 is 0 Å². The largest absolute Gasteiger partial charge is 0.363 e. The standard InChI is InChI=1S/C21H27FN4O/c1-14-18(13-24(4)23-14)20(27)25-10-9-19-15(12-25)11-21(2,3)26(19)17-7-5-16(22)6-8-17/h5-8,13,15,19H,9-12H2,1-4H3/t15-,19+/m1/s1. The Labute approximate surface area is 159 Å². The Morgan fingerprint density at radius 1 is 1.26 bits per heavy atom. The third-order valence-corrected chi connectivity index (χ3v) is 6.08. The third-order valence-electron chi connectivity index (χ3n) is 6.08. The van der Waals surface area contributed by atoms with Crippen molar-refractivity contribution in [2.45, 2.75) is 45.2 Å². The zero-order valence-electron chi connectivity index (χ0n) is 16.4. The lowest BCUT2D eigenvalue weighted by molar-refractivity contribution is 0.0666. The lowest BCUT2D eigenvalue weighted by atomic mass is 9.89. The van der Waals surface area contributed by atoms with Gasteiger partial charge in [-0.05, 0) is 63.8 Å². The fourth-order valence-corrected chi connectivity index (χ4v) is 5.06. The Kier molecular flexibility index (Phi) is 4.24. The molecule has 144 valence electrons. The van der Waals surface area contributed by atoms with Crippen molar-refractivity contribution >= 4 is 11.6 Å². The molecule has 0 spiro atoms. The predicted octanol–water partition coefficient (Wildman–Crippen LogP) is 3.39. The summed E-state index contributed by atoms with van der Waals surface area (Å²) in [4.78, 5) is 17.4. The Bertz CT molecular complexity index is 858. The average Bonchev–Trinajstić information content (AvgIpc) is 3.08. The van der Waals surface area contributed by atoms with Crippen molar-refractivity contribution < 1.29 is 9.18 Å². The molecule has 6 heteroatoms. The van der Waals surface area contributed by atoms with Crippen LogP contribution in [0.1, 0.15) is 42.7 Å². The van der Waals surface area contributed by atoms with E-state index in [-0.39, 0.29) is 17.3 Å². The zero-order chi connectivity index (χ0) is 19.3. The first kappa shape index (κ1) is 18.0. The monoisotopic (exact) mass is 370 g/mol. The number of fused-ring (bicyclic) bond motifs is 1. The summed E-state index contributed by atoms with van der Waals surface area (Å²) in [6, 6.07) is 7.18. The Hall–Kier alpha value is -2.37. The van der Waals surface area contributed by atoms with E-state index in [9.17, 15) is 9.18 Å². The molecule has 2 aliphatic heterocycles. The van der Waals surface area contributed by atoms with Crippen LogP contribution < -0.4 is 4.90 Å². The number of amides is 1. The highest BCUT2D eigenvalue weighted by molar-refractivity contribution is 5.95. The molecule has 0 bridgehead atoms. The van der Waals surface area contributed by atoms with E-state index >= 15 is 0 Å². The number of piperidine rings is 1. The summed E-state index contributed by atoms with van der Waals surface area (Å²) in [5.74, 6) is 0.288. The maximum Gasteiger partial charge on any atom is 0.257 e. The second-order valence-electron chi connectivity index (χ2n) is 8.53. The van der Waals surface area contributed by atoms with Crippen LogP contribution in [-0.2, 0) is 7.05 Å². The van der Waals surface area contributed by atoms with Crippen molar-refractivity contribution in [2.24, 2.45) is 13.0 Å². The molecule has 5 nitrogen and oxygen atoms in total. The normalized spacial score (nSPS) is 24.2. The molecule has 2 aliphatic rings. The van der Waals surface area contributed by atoms with Crippen molar-refractivity contribution in [3.8, 4) is 0 Å². The molecule has 0 radical (unpaired) electrons.